The number of benzene rings is 1. The molecule has 3 rings (SSSR count). The topological polar surface area (TPSA) is 66.0 Å². The molecule has 0 radical (unpaired) electrons. The van der Waals surface area contributed by atoms with Crippen molar-refractivity contribution in [2.75, 3.05) is 33.3 Å². The standard InChI is InChI=1S/C22H34N4O2.HI/c1-17-8-6-7-11-19(17)20-16-26(14-15-28-20)22(23-2)24-13-12-21(27)25-18-9-4-3-5-10-18;/h6-8,11,18,20H,3-5,9-10,12-16H2,1-2H3,(H,23,24)(H,25,27);1H. The Morgan fingerprint density at radius 3 is 2.72 bits per heavy atom. The third-order valence-corrected chi connectivity index (χ3v) is 5.72. The van der Waals surface area contributed by atoms with Crippen LogP contribution in [0.15, 0.2) is 29.3 Å². The normalized spacial score (nSPS) is 20.7. The van der Waals surface area contributed by atoms with Gasteiger partial charge in [0.1, 0.15) is 6.10 Å². The summed E-state index contributed by atoms with van der Waals surface area (Å²) < 4.78 is 6.01. The van der Waals surface area contributed by atoms with Gasteiger partial charge in [0.05, 0.1) is 13.2 Å². The van der Waals surface area contributed by atoms with E-state index >= 15 is 0 Å². The molecule has 1 atom stereocenters. The van der Waals surface area contributed by atoms with Crippen LogP contribution in [0.2, 0.25) is 0 Å². The number of hydrogen-bond acceptors (Lipinski definition) is 3. The number of morpholine rings is 1. The first-order valence-corrected chi connectivity index (χ1v) is 10.6. The minimum absolute atomic E-state index is 0. The number of nitrogens with zero attached hydrogens (tertiary/aromatic N) is 2. The van der Waals surface area contributed by atoms with Gasteiger partial charge in [0.2, 0.25) is 5.91 Å². The second-order valence-corrected chi connectivity index (χ2v) is 7.79. The smallest absolute Gasteiger partial charge is 0.221 e. The van der Waals surface area contributed by atoms with Crippen molar-refractivity contribution >= 4 is 35.8 Å². The molecule has 1 aliphatic carbocycles. The SMILES string of the molecule is CN=C(NCCC(=O)NC1CCCCC1)N1CCOC(c2ccccc2C)C1.I. The fraction of sp³-hybridized carbons (Fsp3) is 0.636. The van der Waals surface area contributed by atoms with E-state index in [2.05, 4.69) is 51.7 Å². The molecule has 2 N–H and O–H groups in total. The number of amides is 1. The predicted octanol–water partition coefficient (Wildman–Crippen LogP) is 3.40. The largest absolute Gasteiger partial charge is 0.370 e. The van der Waals surface area contributed by atoms with Crippen LogP contribution in [0.1, 0.15) is 55.8 Å². The van der Waals surface area contributed by atoms with Crippen LogP contribution in [0.3, 0.4) is 0 Å². The Bertz CT molecular complexity index is 677. The second-order valence-electron chi connectivity index (χ2n) is 7.79. The quantitative estimate of drug-likeness (QED) is 0.359. The fourth-order valence-corrected chi connectivity index (χ4v) is 4.14. The number of rotatable bonds is 5. The lowest BCUT2D eigenvalue weighted by atomic mass is 9.95. The number of carbonyl (C=O) groups excluding carboxylic acids is 1. The van der Waals surface area contributed by atoms with Gasteiger partial charge >= 0.3 is 0 Å². The van der Waals surface area contributed by atoms with Gasteiger partial charge in [0.15, 0.2) is 5.96 Å². The van der Waals surface area contributed by atoms with E-state index in [0.717, 1.165) is 31.9 Å². The van der Waals surface area contributed by atoms with E-state index in [-0.39, 0.29) is 36.0 Å². The molecule has 2 aliphatic rings. The Morgan fingerprint density at radius 1 is 1.24 bits per heavy atom. The molecule has 162 valence electrons. The average molecular weight is 514 g/mol. The van der Waals surface area contributed by atoms with Gasteiger partial charge in [-0.2, -0.15) is 0 Å². The van der Waals surface area contributed by atoms with Gasteiger partial charge in [-0.25, -0.2) is 0 Å². The summed E-state index contributed by atoms with van der Waals surface area (Å²) in [5.41, 5.74) is 2.48. The maximum absolute atomic E-state index is 12.2. The molecule has 0 spiro atoms. The minimum Gasteiger partial charge on any atom is -0.370 e. The lowest BCUT2D eigenvalue weighted by Crippen LogP contribution is -2.49. The molecule has 1 aliphatic heterocycles. The summed E-state index contributed by atoms with van der Waals surface area (Å²) in [6.07, 6.45) is 6.52. The van der Waals surface area contributed by atoms with Gasteiger partial charge in [-0.15, -0.1) is 24.0 Å². The van der Waals surface area contributed by atoms with Crippen LogP contribution in [-0.4, -0.2) is 56.1 Å². The number of hydrogen-bond donors (Lipinski definition) is 2. The summed E-state index contributed by atoms with van der Waals surface area (Å²) in [5, 5.41) is 6.53. The van der Waals surface area contributed by atoms with Crippen molar-refractivity contribution in [1.82, 2.24) is 15.5 Å². The first-order chi connectivity index (χ1) is 13.7. The van der Waals surface area contributed by atoms with Crippen molar-refractivity contribution in [1.29, 1.82) is 0 Å². The molecule has 1 saturated heterocycles. The summed E-state index contributed by atoms with van der Waals surface area (Å²) in [6.45, 7) is 4.95. The molecule has 1 amide bonds. The Morgan fingerprint density at radius 2 is 2.00 bits per heavy atom. The van der Waals surface area contributed by atoms with E-state index in [0.29, 0.717) is 25.6 Å². The van der Waals surface area contributed by atoms with E-state index in [1.807, 2.05) is 0 Å². The number of aliphatic imine (C=N–C) groups is 1. The first-order valence-electron chi connectivity index (χ1n) is 10.6. The molecule has 0 aromatic heterocycles. The molecule has 2 fully saturated rings. The molecule has 0 bridgehead atoms. The Hall–Kier alpha value is -1.35. The zero-order valence-corrected chi connectivity index (χ0v) is 20.0. The highest BCUT2D eigenvalue weighted by atomic mass is 127. The number of aryl methyl sites for hydroxylation is 1. The van der Waals surface area contributed by atoms with Gasteiger partial charge in [-0.3, -0.25) is 9.79 Å². The lowest BCUT2D eigenvalue weighted by molar-refractivity contribution is -0.121. The number of nitrogens with one attached hydrogen (secondary N) is 2. The molecule has 29 heavy (non-hydrogen) atoms. The molecular weight excluding hydrogens is 479 g/mol. The van der Waals surface area contributed by atoms with Crippen molar-refractivity contribution in [2.45, 2.75) is 57.6 Å². The van der Waals surface area contributed by atoms with E-state index in [9.17, 15) is 4.79 Å². The summed E-state index contributed by atoms with van der Waals surface area (Å²) in [6, 6.07) is 8.74. The highest BCUT2D eigenvalue weighted by Gasteiger charge is 2.25. The van der Waals surface area contributed by atoms with E-state index < -0.39 is 0 Å². The summed E-state index contributed by atoms with van der Waals surface area (Å²) in [4.78, 5) is 18.8. The molecule has 1 heterocycles. The third kappa shape index (κ3) is 7.13. The fourth-order valence-electron chi connectivity index (χ4n) is 4.14. The van der Waals surface area contributed by atoms with Crippen LogP contribution in [0.25, 0.3) is 0 Å². The zero-order chi connectivity index (χ0) is 19.8. The lowest BCUT2D eigenvalue weighted by Gasteiger charge is -2.35. The second kappa shape index (κ2) is 12.4. The Balaban J connectivity index is 0.00000300. The Labute approximate surface area is 191 Å². The molecule has 1 aromatic rings. The van der Waals surface area contributed by atoms with E-state index in [1.54, 1.807) is 7.05 Å². The van der Waals surface area contributed by atoms with Gasteiger partial charge < -0.3 is 20.3 Å². The number of ether oxygens (including phenoxy) is 1. The van der Waals surface area contributed by atoms with Crippen LogP contribution in [-0.2, 0) is 9.53 Å². The van der Waals surface area contributed by atoms with Crippen molar-refractivity contribution in [2.24, 2.45) is 4.99 Å². The van der Waals surface area contributed by atoms with Crippen LogP contribution in [0.4, 0.5) is 0 Å². The van der Waals surface area contributed by atoms with E-state index in [1.165, 1.54) is 30.4 Å². The summed E-state index contributed by atoms with van der Waals surface area (Å²) in [5.74, 6) is 0.974. The van der Waals surface area contributed by atoms with Gasteiger partial charge in [-0.05, 0) is 30.9 Å². The maximum Gasteiger partial charge on any atom is 0.221 e. The maximum atomic E-state index is 12.2. The van der Waals surface area contributed by atoms with Crippen molar-refractivity contribution in [3.8, 4) is 0 Å². The highest BCUT2D eigenvalue weighted by molar-refractivity contribution is 14.0. The molecule has 6 nitrogen and oxygen atoms in total. The van der Waals surface area contributed by atoms with Crippen molar-refractivity contribution in [3.05, 3.63) is 35.4 Å². The average Bonchev–Trinajstić information content (AvgIpc) is 2.72. The monoisotopic (exact) mass is 514 g/mol. The van der Waals surface area contributed by atoms with E-state index in [4.69, 9.17) is 4.74 Å². The highest BCUT2D eigenvalue weighted by Crippen LogP contribution is 2.25. The molecular formula is C22H35IN4O2. The number of halogens is 1. The Kier molecular flexibility index (Phi) is 10.2. The van der Waals surface area contributed by atoms with Crippen LogP contribution in [0, 0.1) is 6.92 Å². The molecule has 7 heteroatoms. The molecule has 1 aromatic carbocycles. The third-order valence-electron chi connectivity index (χ3n) is 5.72. The number of guanidine groups is 1. The van der Waals surface area contributed by atoms with Crippen LogP contribution >= 0.6 is 24.0 Å². The molecule has 1 unspecified atom stereocenters. The minimum atomic E-state index is 0. The zero-order valence-electron chi connectivity index (χ0n) is 17.7. The van der Waals surface area contributed by atoms with Crippen molar-refractivity contribution < 1.29 is 9.53 Å². The van der Waals surface area contributed by atoms with Gasteiger partial charge in [0, 0.05) is 32.6 Å². The van der Waals surface area contributed by atoms with Crippen LogP contribution in [0.5, 0.6) is 0 Å². The molecule has 1 saturated carbocycles. The van der Waals surface area contributed by atoms with Gasteiger partial charge in [0.25, 0.3) is 0 Å². The summed E-state index contributed by atoms with van der Waals surface area (Å²) >= 11 is 0. The predicted molar refractivity (Wildman–Crippen MR) is 128 cm³/mol. The summed E-state index contributed by atoms with van der Waals surface area (Å²) in [7, 11) is 1.79. The number of carbonyl (C=O) groups is 1. The first kappa shape index (κ1) is 23.9. The van der Waals surface area contributed by atoms with Gasteiger partial charge in [-0.1, -0.05) is 43.5 Å². The van der Waals surface area contributed by atoms with Crippen LogP contribution < -0.4 is 10.6 Å². The van der Waals surface area contributed by atoms with Crippen molar-refractivity contribution in [3.63, 3.8) is 0 Å².